The van der Waals surface area contributed by atoms with Crippen molar-refractivity contribution in [2.75, 3.05) is 79.3 Å². The zero-order valence-electron chi connectivity index (χ0n) is 17.2. The molecule has 1 aromatic rings. The Hall–Kier alpha value is -1.53. The van der Waals surface area contributed by atoms with Gasteiger partial charge in [-0.2, -0.15) is 8.42 Å². The van der Waals surface area contributed by atoms with E-state index in [1.54, 1.807) is 18.2 Å². The Bertz CT molecular complexity index is 622. The number of rotatable bonds is 21. The molecule has 0 saturated heterocycles. The summed E-state index contributed by atoms with van der Waals surface area (Å²) in [6.07, 6.45) is 1.38. The molecule has 172 valence electrons. The Morgan fingerprint density at radius 1 is 0.633 bits per heavy atom. The Labute approximate surface area is 178 Å². The molecule has 0 aliphatic rings. The Balaban J connectivity index is 1.79. The maximum atomic E-state index is 11.9. The van der Waals surface area contributed by atoms with Crippen molar-refractivity contribution in [2.24, 2.45) is 0 Å². The zero-order chi connectivity index (χ0) is 21.8. The Kier molecular flexibility index (Phi) is 16.1. The first kappa shape index (κ1) is 26.5. The van der Waals surface area contributed by atoms with Gasteiger partial charge in [-0.25, -0.2) is 0 Å². The highest BCUT2D eigenvalue weighted by Gasteiger charge is 2.13. The number of ether oxygens (including phenoxy) is 6. The van der Waals surface area contributed by atoms with Crippen LogP contribution in [0.15, 0.2) is 48.1 Å². The Morgan fingerprint density at radius 3 is 1.47 bits per heavy atom. The topological polar surface area (TPSA) is 98.8 Å². The Morgan fingerprint density at radius 2 is 1.03 bits per heavy atom. The van der Waals surface area contributed by atoms with Gasteiger partial charge in [0.2, 0.25) is 0 Å². The summed E-state index contributed by atoms with van der Waals surface area (Å²) in [4.78, 5) is 0.126. The molecule has 0 saturated carbocycles. The quantitative estimate of drug-likeness (QED) is 0.158. The highest BCUT2D eigenvalue weighted by Crippen LogP contribution is 2.10. The van der Waals surface area contributed by atoms with E-state index in [-0.39, 0.29) is 18.1 Å². The smallest absolute Gasteiger partial charge is 0.297 e. The van der Waals surface area contributed by atoms with Gasteiger partial charge in [0, 0.05) is 0 Å². The highest BCUT2D eigenvalue weighted by molar-refractivity contribution is 7.86. The second kappa shape index (κ2) is 18.3. The van der Waals surface area contributed by atoms with Crippen LogP contribution in [-0.2, 0) is 42.7 Å². The summed E-state index contributed by atoms with van der Waals surface area (Å²) in [6.45, 7) is 8.14. The van der Waals surface area contributed by atoms with E-state index in [1.165, 1.54) is 18.4 Å². The van der Waals surface area contributed by atoms with E-state index in [0.717, 1.165) is 0 Å². The molecule has 30 heavy (non-hydrogen) atoms. The van der Waals surface area contributed by atoms with Crippen molar-refractivity contribution < 1.29 is 41.0 Å². The molecule has 0 N–H and O–H groups in total. The minimum Gasteiger partial charge on any atom is -0.499 e. The van der Waals surface area contributed by atoms with Crippen LogP contribution in [0.1, 0.15) is 0 Å². The van der Waals surface area contributed by atoms with E-state index in [4.69, 9.17) is 32.6 Å². The van der Waals surface area contributed by atoms with Crippen molar-refractivity contribution in [3.63, 3.8) is 0 Å². The molecule has 0 unspecified atom stereocenters. The van der Waals surface area contributed by atoms with E-state index >= 15 is 0 Å². The van der Waals surface area contributed by atoms with Gasteiger partial charge < -0.3 is 28.4 Å². The molecule has 0 atom stereocenters. The van der Waals surface area contributed by atoms with Crippen molar-refractivity contribution in [3.05, 3.63) is 43.2 Å². The molecule has 1 rings (SSSR count). The van der Waals surface area contributed by atoms with Gasteiger partial charge in [-0.05, 0) is 12.1 Å². The fraction of sp³-hybridized carbons (Fsp3) is 0.600. The lowest BCUT2D eigenvalue weighted by Crippen LogP contribution is -2.15. The molecule has 9 nitrogen and oxygen atoms in total. The lowest BCUT2D eigenvalue weighted by Gasteiger charge is -2.08. The molecule has 0 bridgehead atoms. The van der Waals surface area contributed by atoms with Gasteiger partial charge in [0.1, 0.15) is 6.61 Å². The summed E-state index contributed by atoms with van der Waals surface area (Å²) in [7, 11) is -3.74. The van der Waals surface area contributed by atoms with Crippen molar-refractivity contribution >= 4 is 10.1 Å². The first-order valence-corrected chi connectivity index (χ1v) is 11.1. The van der Waals surface area contributed by atoms with Crippen LogP contribution in [0.3, 0.4) is 0 Å². The summed E-state index contributed by atoms with van der Waals surface area (Å²) in [5.74, 6) is 0. The summed E-state index contributed by atoms with van der Waals surface area (Å²) < 4.78 is 60.2. The molecule has 0 radical (unpaired) electrons. The van der Waals surface area contributed by atoms with Crippen molar-refractivity contribution in [1.29, 1.82) is 0 Å². The van der Waals surface area contributed by atoms with Crippen molar-refractivity contribution in [1.82, 2.24) is 0 Å². The second-order valence-electron chi connectivity index (χ2n) is 5.69. The molecule has 0 aliphatic heterocycles. The third-order valence-electron chi connectivity index (χ3n) is 3.45. The standard InChI is InChI=1S/C20H32O9S/c1-2-23-8-9-24-10-11-25-12-13-26-14-15-27-16-17-28-18-19-29-30(21,22)20-6-4-3-5-7-20/h2-7H,1,8-19H2. The molecule has 0 heterocycles. The first-order chi connectivity index (χ1) is 14.7. The normalized spacial score (nSPS) is 11.5. The number of hydrogen-bond donors (Lipinski definition) is 0. The SMILES string of the molecule is C=COCCOCCOCCOCCOCCOCCOS(=O)(=O)c1ccccc1. The minimum absolute atomic E-state index is 0.0476. The largest absolute Gasteiger partial charge is 0.499 e. The summed E-state index contributed by atoms with van der Waals surface area (Å²) in [6, 6.07) is 7.98. The van der Waals surface area contributed by atoms with Gasteiger partial charge in [-0.1, -0.05) is 24.8 Å². The average Bonchev–Trinajstić information content (AvgIpc) is 2.76. The third kappa shape index (κ3) is 14.5. The minimum atomic E-state index is -3.74. The molecule has 0 amide bonds. The summed E-state index contributed by atoms with van der Waals surface area (Å²) in [5, 5.41) is 0. The predicted octanol–water partition coefficient (Wildman–Crippen LogP) is 1.64. The molecule has 0 aliphatic carbocycles. The molecule has 0 spiro atoms. The van der Waals surface area contributed by atoms with Crippen LogP contribution in [0.5, 0.6) is 0 Å². The third-order valence-corrected chi connectivity index (χ3v) is 4.78. The van der Waals surface area contributed by atoms with E-state index in [2.05, 4.69) is 6.58 Å². The van der Waals surface area contributed by atoms with Gasteiger partial charge in [0.05, 0.1) is 83.8 Å². The zero-order valence-corrected chi connectivity index (χ0v) is 18.1. The van der Waals surface area contributed by atoms with Crippen LogP contribution in [0.25, 0.3) is 0 Å². The molecular formula is C20H32O9S. The monoisotopic (exact) mass is 448 g/mol. The van der Waals surface area contributed by atoms with Gasteiger partial charge in [0.25, 0.3) is 10.1 Å². The molecule has 0 aromatic heterocycles. The fourth-order valence-corrected chi connectivity index (χ4v) is 2.94. The maximum Gasteiger partial charge on any atom is 0.297 e. The lowest BCUT2D eigenvalue weighted by atomic mass is 10.4. The average molecular weight is 449 g/mol. The van der Waals surface area contributed by atoms with Gasteiger partial charge in [0.15, 0.2) is 0 Å². The van der Waals surface area contributed by atoms with Crippen molar-refractivity contribution in [3.8, 4) is 0 Å². The van der Waals surface area contributed by atoms with Gasteiger partial charge in [-0.15, -0.1) is 0 Å². The van der Waals surface area contributed by atoms with Crippen LogP contribution < -0.4 is 0 Å². The van der Waals surface area contributed by atoms with Crippen LogP contribution in [0, 0.1) is 0 Å². The molecular weight excluding hydrogens is 416 g/mol. The maximum absolute atomic E-state index is 11.9. The molecule has 10 heteroatoms. The van der Waals surface area contributed by atoms with E-state index in [0.29, 0.717) is 66.1 Å². The second-order valence-corrected chi connectivity index (χ2v) is 7.30. The van der Waals surface area contributed by atoms with E-state index in [9.17, 15) is 8.42 Å². The molecule has 0 fully saturated rings. The van der Waals surface area contributed by atoms with Crippen LogP contribution in [0.4, 0.5) is 0 Å². The van der Waals surface area contributed by atoms with Crippen LogP contribution in [-0.4, -0.2) is 87.7 Å². The molecule has 1 aromatic carbocycles. The first-order valence-electron chi connectivity index (χ1n) is 9.72. The van der Waals surface area contributed by atoms with Crippen molar-refractivity contribution in [2.45, 2.75) is 4.90 Å². The van der Waals surface area contributed by atoms with E-state index in [1.807, 2.05) is 0 Å². The lowest BCUT2D eigenvalue weighted by molar-refractivity contribution is -0.0149. The number of hydrogen-bond acceptors (Lipinski definition) is 9. The van der Waals surface area contributed by atoms with Gasteiger partial charge in [-0.3, -0.25) is 4.18 Å². The highest BCUT2D eigenvalue weighted by atomic mass is 32.2. The van der Waals surface area contributed by atoms with E-state index < -0.39 is 10.1 Å². The summed E-state index contributed by atoms with van der Waals surface area (Å²) in [5.41, 5.74) is 0. The van der Waals surface area contributed by atoms with Crippen LogP contribution in [0.2, 0.25) is 0 Å². The van der Waals surface area contributed by atoms with Crippen LogP contribution >= 0.6 is 0 Å². The predicted molar refractivity (Wildman–Crippen MR) is 110 cm³/mol. The van der Waals surface area contributed by atoms with Gasteiger partial charge >= 0.3 is 0 Å². The number of benzene rings is 1. The fourth-order valence-electron chi connectivity index (χ4n) is 2.03. The summed E-state index contributed by atoms with van der Waals surface area (Å²) >= 11 is 0.